The van der Waals surface area contributed by atoms with Gasteiger partial charge in [0.05, 0.1) is 7.11 Å². The molecule has 2 rings (SSSR count). The maximum atomic E-state index is 13.3. The van der Waals surface area contributed by atoms with E-state index in [2.05, 4.69) is 13.8 Å². The number of benzene rings is 1. The van der Waals surface area contributed by atoms with E-state index in [1.807, 2.05) is 6.92 Å². The maximum absolute atomic E-state index is 13.3. The van der Waals surface area contributed by atoms with Crippen LogP contribution in [0.25, 0.3) is 0 Å². The van der Waals surface area contributed by atoms with Crippen LogP contribution < -0.4 is 10.5 Å². The molecule has 0 saturated carbocycles. The van der Waals surface area contributed by atoms with Gasteiger partial charge in [0, 0.05) is 38.3 Å². The second kappa shape index (κ2) is 9.91. The Bertz CT molecular complexity index is 777. The lowest BCUT2D eigenvalue weighted by Crippen LogP contribution is -2.42. The molecule has 2 N–H and O–H groups in total. The number of hydrogen-bond donors (Lipinski definition) is 1. The SMILES string of the molecule is COc1ccc(C(=O)N(C)C(C)CN)cc1S(=O)(=O)N1CC(C)CC(C)C1.Cl. The van der Waals surface area contributed by atoms with Gasteiger partial charge in [0.2, 0.25) is 10.0 Å². The Morgan fingerprint density at radius 1 is 1.32 bits per heavy atom. The number of carbonyl (C=O) groups is 1. The number of sulfonamides is 1. The third kappa shape index (κ3) is 5.17. The summed E-state index contributed by atoms with van der Waals surface area (Å²) in [5, 5.41) is 0. The van der Waals surface area contributed by atoms with Crippen molar-refractivity contribution in [3.05, 3.63) is 23.8 Å². The normalized spacial score (nSPS) is 21.5. The molecule has 1 heterocycles. The van der Waals surface area contributed by atoms with Gasteiger partial charge in [0.1, 0.15) is 10.6 Å². The van der Waals surface area contributed by atoms with Crippen LogP contribution in [0.3, 0.4) is 0 Å². The summed E-state index contributed by atoms with van der Waals surface area (Å²) >= 11 is 0. The van der Waals surface area contributed by atoms with Crippen LogP contribution >= 0.6 is 12.4 Å². The molecule has 160 valence electrons. The number of amides is 1. The van der Waals surface area contributed by atoms with Crippen LogP contribution in [0.15, 0.2) is 23.1 Å². The van der Waals surface area contributed by atoms with Crippen LogP contribution in [-0.2, 0) is 10.0 Å². The minimum atomic E-state index is -3.77. The summed E-state index contributed by atoms with van der Waals surface area (Å²) < 4.78 is 33.4. The van der Waals surface area contributed by atoms with Gasteiger partial charge in [-0.2, -0.15) is 4.31 Å². The molecule has 1 fully saturated rings. The molecule has 1 aliphatic heterocycles. The minimum absolute atomic E-state index is 0. The van der Waals surface area contributed by atoms with E-state index in [1.165, 1.54) is 28.4 Å². The summed E-state index contributed by atoms with van der Waals surface area (Å²) in [6.07, 6.45) is 1.00. The summed E-state index contributed by atoms with van der Waals surface area (Å²) in [4.78, 5) is 14.3. The van der Waals surface area contributed by atoms with Crippen molar-refractivity contribution in [3.8, 4) is 5.75 Å². The summed E-state index contributed by atoms with van der Waals surface area (Å²) in [6.45, 7) is 7.22. The Morgan fingerprint density at radius 2 is 1.89 bits per heavy atom. The van der Waals surface area contributed by atoms with Crippen molar-refractivity contribution in [2.24, 2.45) is 17.6 Å². The Kier molecular flexibility index (Phi) is 8.74. The first-order chi connectivity index (χ1) is 12.6. The Hall–Kier alpha value is -1.35. The highest BCUT2D eigenvalue weighted by molar-refractivity contribution is 7.89. The minimum Gasteiger partial charge on any atom is -0.495 e. The largest absolute Gasteiger partial charge is 0.495 e. The van der Waals surface area contributed by atoms with Gasteiger partial charge in [-0.1, -0.05) is 13.8 Å². The molecule has 3 unspecified atom stereocenters. The van der Waals surface area contributed by atoms with Crippen LogP contribution in [0, 0.1) is 11.8 Å². The van der Waals surface area contributed by atoms with Gasteiger partial charge in [0.25, 0.3) is 5.91 Å². The van der Waals surface area contributed by atoms with Crippen molar-refractivity contribution >= 4 is 28.3 Å². The molecule has 7 nitrogen and oxygen atoms in total. The Morgan fingerprint density at radius 3 is 2.39 bits per heavy atom. The molecule has 1 saturated heterocycles. The molecule has 0 bridgehead atoms. The first-order valence-corrected chi connectivity index (χ1v) is 10.7. The molecule has 3 atom stereocenters. The first-order valence-electron chi connectivity index (χ1n) is 9.27. The number of carbonyl (C=O) groups excluding carboxylic acids is 1. The van der Waals surface area contributed by atoms with Crippen LogP contribution in [0.2, 0.25) is 0 Å². The number of nitrogens with two attached hydrogens (primary N) is 1. The number of rotatable bonds is 6. The Balaban J connectivity index is 0.00000392. The molecule has 0 radical (unpaired) electrons. The summed E-state index contributed by atoms with van der Waals surface area (Å²) in [5.74, 6) is 0.547. The average molecular weight is 434 g/mol. The van der Waals surface area contributed by atoms with E-state index in [9.17, 15) is 13.2 Å². The van der Waals surface area contributed by atoms with Gasteiger partial charge in [-0.05, 0) is 43.4 Å². The van der Waals surface area contributed by atoms with Crippen LogP contribution in [0.4, 0.5) is 0 Å². The standard InChI is InChI=1S/C19H31N3O4S.ClH/c1-13-8-14(2)12-22(11-13)27(24,25)18-9-16(6-7-17(18)26-5)19(23)21(4)15(3)10-20;/h6-7,9,13-15H,8,10-12,20H2,1-5H3;1H. The van der Waals surface area contributed by atoms with Gasteiger partial charge in [-0.3, -0.25) is 4.79 Å². The summed E-state index contributed by atoms with van der Waals surface area (Å²) in [6, 6.07) is 4.39. The maximum Gasteiger partial charge on any atom is 0.253 e. The lowest BCUT2D eigenvalue weighted by Gasteiger charge is -2.34. The second-order valence-electron chi connectivity index (χ2n) is 7.63. The number of methoxy groups -OCH3 is 1. The monoisotopic (exact) mass is 433 g/mol. The molecule has 1 amide bonds. The van der Waals surface area contributed by atoms with Gasteiger partial charge in [-0.15, -0.1) is 12.4 Å². The second-order valence-corrected chi connectivity index (χ2v) is 9.54. The molecular formula is C19H32ClN3O4S. The fourth-order valence-electron chi connectivity index (χ4n) is 3.51. The van der Waals surface area contributed by atoms with E-state index >= 15 is 0 Å². The molecule has 0 aromatic heterocycles. The highest BCUT2D eigenvalue weighted by Crippen LogP contribution is 2.32. The fourth-order valence-corrected chi connectivity index (χ4v) is 5.38. The zero-order chi connectivity index (χ0) is 20.4. The summed E-state index contributed by atoms with van der Waals surface area (Å²) in [7, 11) is -0.676. The summed E-state index contributed by atoms with van der Waals surface area (Å²) in [5.41, 5.74) is 5.94. The van der Waals surface area contributed by atoms with Crippen molar-refractivity contribution in [1.29, 1.82) is 0 Å². The average Bonchev–Trinajstić information content (AvgIpc) is 2.64. The molecule has 0 aliphatic carbocycles. The molecule has 28 heavy (non-hydrogen) atoms. The van der Waals surface area contributed by atoms with Crippen LogP contribution in [0.5, 0.6) is 5.75 Å². The van der Waals surface area contributed by atoms with E-state index in [0.29, 0.717) is 25.2 Å². The lowest BCUT2D eigenvalue weighted by molar-refractivity contribution is 0.0748. The third-order valence-corrected chi connectivity index (χ3v) is 7.04. The number of likely N-dealkylation sites (N-methyl/N-ethyl adjacent to an activating group) is 1. The highest BCUT2D eigenvalue weighted by Gasteiger charge is 2.34. The Labute approximate surface area is 174 Å². The lowest BCUT2D eigenvalue weighted by atomic mass is 9.94. The van der Waals surface area contributed by atoms with Gasteiger partial charge in [-0.25, -0.2) is 8.42 Å². The number of piperidine rings is 1. The molecular weight excluding hydrogens is 402 g/mol. The van der Waals surface area contributed by atoms with E-state index in [0.717, 1.165) is 6.42 Å². The van der Waals surface area contributed by atoms with Crippen LogP contribution in [0.1, 0.15) is 37.6 Å². The van der Waals surface area contributed by atoms with Crippen molar-refractivity contribution in [2.45, 2.75) is 38.1 Å². The molecule has 1 aromatic carbocycles. The van der Waals surface area contributed by atoms with E-state index < -0.39 is 10.0 Å². The first kappa shape index (κ1) is 24.7. The third-order valence-electron chi connectivity index (χ3n) is 5.19. The number of halogens is 1. The number of hydrogen-bond acceptors (Lipinski definition) is 5. The van der Waals surface area contributed by atoms with E-state index in [4.69, 9.17) is 10.5 Å². The fraction of sp³-hybridized carbons (Fsp3) is 0.632. The van der Waals surface area contributed by atoms with Crippen molar-refractivity contribution in [1.82, 2.24) is 9.21 Å². The van der Waals surface area contributed by atoms with Gasteiger partial charge < -0.3 is 15.4 Å². The highest BCUT2D eigenvalue weighted by atomic mass is 35.5. The predicted octanol–water partition coefficient (Wildman–Crippen LogP) is 2.20. The topological polar surface area (TPSA) is 92.9 Å². The van der Waals surface area contributed by atoms with Crippen molar-refractivity contribution in [2.75, 3.05) is 33.8 Å². The molecule has 0 spiro atoms. The van der Waals surface area contributed by atoms with E-state index in [-0.39, 0.29) is 46.8 Å². The van der Waals surface area contributed by atoms with Gasteiger partial charge >= 0.3 is 0 Å². The molecule has 9 heteroatoms. The zero-order valence-corrected chi connectivity index (χ0v) is 18.8. The van der Waals surface area contributed by atoms with Crippen LogP contribution in [-0.4, -0.2) is 63.4 Å². The predicted molar refractivity (Wildman–Crippen MR) is 113 cm³/mol. The molecule has 1 aromatic rings. The van der Waals surface area contributed by atoms with E-state index in [1.54, 1.807) is 13.1 Å². The number of nitrogens with zero attached hydrogens (tertiary/aromatic N) is 2. The smallest absolute Gasteiger partial charge is 0.253 e. The van der Waals surface area contributed by atoms with Crippen molar-refractivity contribution in [3.63, 3.8) is 0 Å². The zero-order valence-electron chi connectivity index (χ0n) is 17.2. The quantitative estimate of drug-likeness (QED) is 0.742. The van der Waals surface area contributed by atoms with Crippen molar-refractivity contribution < 1.29 is 17.9 Å². The molecule has 1 aliphatic rings. The number of ether oxygens (including phenoxy) is 1. The van der Waals surface area contributed by atoms with Gasteiger partial charge in [0.15, 0.2) is 0 Å².